The second kappa shape index (κ2) is 8.53. The first-order chi connectivity index (χ1) is 13.9. The van der Waals surface area contributed by atoms with Gasteiger partial charge < -0.3 is 4.74 Å². The van der Waals surface area contributed by atoms with Crippen molar-refractivity contribution in [3.8, 4) is 5.75 Å². The molecule has 29 heavy (non-hydrogen) atoms. The number of ether oxygens (including phenoxy) is 1. The standard InChI is InChI=1S/C19H15ClN4O5/c1-29-15-5-3-2-4-14(15)24-18(27)13(17(26)22-19(24)28)10-21-23-16(25)11-6-8-12(20)9-7-11/h2-10,13H,1H3,(H,23,25)(H,22,26,28)/b21-10-/t13-/m0/s1. The maximum atomic E-state index is 12.8. The average Bonchev–Trinajstić information content (AvgIpc) is 2.71. The van der Waals surface area contributed by atoms with E-state index < -0.39 is 29.7 Å². The van der Waals surface area contributed by atoms with Gasteiger partial charge in [0.25, 0.3) is 11.8 Å². The van der Waals surface area contributed by atoms with Crippen LogP contribution in [0.5, 0.6) is 5.75 Å². The van der Waals surface area contributed by atoms with Gasteiger partial charge in [0.05, 0.1) is 12.8 Å². The average molecular weight is 415 g/mol. The molecule has 148 valence electrons. The van der Waals surface area contributed by atoms with Crippen molar-refractivity contribution < 1.29 is 23.9 Å². The van der Waals surface area contributed by atoms with Crippen LogP contribution in [0, 0.1) is 5.92 Å². The summed E-state index contributed by atoms with van der Waals surface area (Å²) in [5.41, 5.74) is 2.69. The van der Waals surface area contributed by atoms with E-state index in [0.717, 1.165) is 11.1 Å². The van der Waals surface area contributed by atoms with Gasteiger partial charge in [0, 0.05) is 16.8 Å². The minimum absolute atomic E-state index is 0.175. The molecule has 1 aliphatic heterocycles. The zero-order chi connectivity index (χ0) is 21.0. The van der Waals surface area contributed by atoms with Gasteiger partial charge in [-0.1, -0.05) is 23.7 Å². The molecule has 1 atom stereocenters. The smallest absolute Gasteiger partial charge is 0.335 e. The molecule has 1 aliphatic rings. The summed E-state index contributed by atoms with van der Waals surface area (Å²) < 4.78 is 5.17. The Balaban J connectivity index is 1.78. The second-order valence-electron chi connectivity index (χ2n) is 5.84. The van der Waals surface area contributed by atoms with Gasteiger partial charge in [0.2, 0.25) is 5.91 Å². The van der Waals surface area contributed by atoms with Crippen LogP contribution in [0.15, 0.2) is 53.6 Å². The summed E-state index contributed by atoms with van der Waals surface area (Å²) in [6, 6.07) is 11.5. The summed E-state index contributed by atoms with van der Waals surface area (Å²) in [5, 5.41) is 6.24. The molecular weight excluding hydrogens is 400 g/mol. The lowest BCUT2D eigenvalue weighted by Crippen LogP contribution is -2.58. The zero-order valence-corrected chi connectivity index (χ0v) is 15.8. The summed E-state index contributed by atoms with van der Waals surface area (Å²) in [4.78, 5) is 49.9. The SMILES string of the molecule is COc1ccccc1N1C(=O)NC(=O)[C@H](/C=N\NC(=O)c2ccc(Cl)cc2)C1=O. The van der Waals surface area contributed by atoms with Gasteiger partial charge in [-0.3, -0.25) is 19.7 Å². The minimum atomic E-state index is -1.41. The van der Waals surface area contributed by atoms with Crippen molar-refractivity contribution in [1.82, 2.24) is 10.7 Å². The minimum Gasteiger partial charge on any atom is -0.495 e. The van der Waals surface area contributed by atoms with E-state index in [1.165, 1.54) is 37.4 Å². The van der Waals surface area contributed by atoms with E-state index in [9.17, 15) is 19.2 Å². The van der Waals surface area contributed by atoms with Crippen molar-refractivity contribution in [2.75, 3.05) is 12.0 Å². The van der Waals surface area contributed by atoms with Crippen molar-refractivity contribution in [2.45, 2.75) is 0 Å². The number of para-hydroxylation sites is 2. The molecule has 0 aromatic heterocycles. The molecule has 1 heterocycles. The highest BCUT2D eigenvalue weighted by Crippen LogP contribution is 2.30. The summed E-state index contributed by atoms with van der Waals surface area (Å²) in [6.45, 7) is 0. The number of rotatable bonds is 5. The molecule has 0 aliphatic carbocycles. The Hall–Kier alpha value is -3.72. The number of barbiturate groups is 1. The molecule has 2 aromatic carbocycles. The maximum Gasteiger partial charge on any atom is 0.335 e. The van der Waals surface area contributed by atoms with Crippen LogP contribution < -0.4 is 20.4 Å². The van der Waals surface area contributed by atoms with Gasteiger partial charge in [0.1, 0.15) is 5.75 Å². The number of carbonyl (C=O) groups is 4. The molecule has 9 nitrogen and oxygen atoms in total. The molecule has 5 amide bonds. The molecule has 1 saturated heterocycles. The fourth-order valence-electron chi connectivity index (χ4n) is 2.60. The number of nitrogens with one attached hydrogen (secondary N) is 2. The summed E-state index contributed by atoms with van der Waals surface area (Å²) >= 11 is 5.77. The van der Waals surface area contributed by atoms with Crippen LogP contribution in [0.3, 0.4) is 0 Å². The molecule has 0 spiro atoms. The van der Waals surface area contributed by atoms with E-state index in [2.05, 4.69) is 15.8 Å². The number of amides is 5. The second-order valence-corrected chi connectivity index (χ2v) is 6.28. The van der Waals surface area contributed by atoms with E-state index in [1.807, 2.05) is 0 Å². The van der Waals surface area contributed by atoms with E-state index in [4.69, 9.17) is 16.3 Å². The Morgan fingerprint density at radius 3 is 2.55 bits per heavy atom. The Morgan fingerprint density at radius 2 is 1.86 bits per heavy atom. The number of methoxy groups -OCH3 is 1. The van der Waals surface area contributed by atoms with Crippen LogP contribution >= 0.6 is 11.6 Å². The van der Waals surface area contributed by atoms with E-state index in [0.29, 0.717) is 5.02 Å². The number of imide groups is 2. The van der Waals surface area contributed by atoms with Crippen molar-refractivity contribution >= 4 is 47.3 Å². The Bertz CT molecular complexity index is 1010. The lowest BCUT2D eigenvalue weighted by atomic mass is 10.1. The predicted molar refractivity (Wildman–Crippen MR) is 105 cm³/mol. The highest BCUT2D eigenvalue weighted by Gasteiger charge is 2.41. The summed E-state index contributed by atoms with van der Waals surface area (Å²) in [6.07, 6.45) is 0.959. The summed E-state index contributed by atoms with van der Waals surface area (Å²) in [5.74, 6) is -3.37. The number of urea groups is 1. The van der Waals surface area contributed by atoms with Crippen LogP contribution in [0.1, 0.15) is 10.4 Å². The molecule has 2 N–H and O–H groups in total. The predicted octanol–water partition coefficient (Wildman–Crippen LogP) is 1.96. The lowest BCUT2D eigenvalue weighted by molar-refractivity contribution is -0.131. The number of hydrogen-bond acceptors (Lipinski definition) is 6. The Morgan fingerprint density at radius 1 is 1.17 bits per heavy atom. The molecular formula is C19H15ClN4O5. The molecule has 0 radical (unpaired) electrons. The third-order valence-corrected chi connectivity index (χ3v) is 4.28. The van der Waals surface area contributed by atoms with Crippen molar-refractivity contribution in [2.24, 2.45) is 11.0 Å². The largest absolute Gasteiger partial charge is 0.495 e. The van der Waals surface area contributed by atoms with E-state index >= 15 is 0 Å². The van der Waals surface area contributed by atoms with Crippen LogP contribution in [0.4, 0.5) is 10.5 Å². The first kappa shape index (κ1) is 20.0. The maximum absolute atomic E-state index is 12.8. The zero-order valence-electron chi connectivity index (χ0n) is 15.1. The highest BCUT2D eigenvalue weighted by atomic mass is 35.5. The van der Waals surface area contributed by atoms with Crippen molar-refractivity contribution in [3.63, 3.8) is 0 Å². The number of halogens is 1. The molecule has 0 bridgehead atoms. The molecule has 10 heteroatoms. The van der Waals surface area contributed by atoms with E-state index in [1.54, 1.807) is 18.2 Å². The van der Waals surface area contributed by atoms with Crippen molar-refractivity contribution in [3.05, 3.63) is 59.1 Å². The summed E-state index contributed by atoms with van der Waals surface area (Å²) in [7, 11) is 1.39. The number of nitrogens with zero attached hydrogens (tertiary/aromatic N) is 2. The van der Waals surface area contributed by atoms with E-state index in [-0.39, 0.29) is 17.0 Å². The molecule has 3 rings (SSSR count). The van der Waals surface area contributed by atoms with Crippen molar-refractivity contribution in [1.29, 1.82) is 0 Å². The van der Waals surface area contributed by atoms with Gasteiger partial charge in [-0.05, 0) is 36.4 Å². The number of hydrogen-bond donors (Lipinski definition) is 2. The Labute approximate surface area is 170 Å². The van der Waals surface area contributed by atoms with Crippen LogP contribution in [-0.2, 0) is 9.59 Å². The van der Waals surface area contributed by atoms with Gasteiger partial charge in [-0.25, -0.2) is 15.1 Å². The van der Waals surface area contributed by atoms with Crippen LogP contribution in [0.2, 0.25) is 5.02 Å². The number of anilines is 1. The first-order valence-corrected chi connectivity index (χ1v) is 8.71. The highest BCUT2D eigenvalue weighted by molar-refractivity contribution is 6.33. The third-order valence-electron chi connectivity index (χ3n) is 4.02. The first-order valence-electron chi connectivity index (χ1n) is 8.33. The molecule has 0 unspecified atom stereocenters. The number of hydrazone groups is 1. The van der Waals surface area contributed by atoms with Crippen LogP contribution in [-0.4, -0.2) is 37.1 Å². The van der Waals surface area contributed by atoms with Gasteiger partial charge in [-0.15, -0.1) is 0 Å². The quantitative estimate of drug-likeness (QED) is 0.440. The fourth-order valence-corrected chi connectivity index (χ4v) is 2.73. The molecule has 0 saturated carbocycles. The fraction of sp³-hybridized carbons (Fsp3) is 0.105. The molecule has 2 aromatic rings. The normalized spacial score (nSPS) is 16.7. The number of benzene rings is 2. The van der Waals surface area contributed by atoms with Crippen LogP contribution in [0.25, 0.3) is 0 Å². The van der Waals surface area contributed by atoms with Gasteiger partial charge in [0.15, 0.2) is 5.92 Å². The lowest BCUT2D eigenvalue weighted by Gasteiger charge is -2.29. The number of carbonyl (C=O) groups excluding carboxylic acids is 4. The Kier molecular flexibility index (Phi) is 5.89. The molecule has 1 fully saturated rings. The monoisotopic (exact) mass is 414 g/mol. The third kappa shape index (κ3) is 4.25. The van der Waals surface area contributed by atoms with Gasteiger partial charge >= 0.3 is 6.03 Å². The van der Waals surface area contributed by atoms with Gasteiger partial charge in [-0.2, -0.15) is 5.10 Å². The topological polar surface area (TPSA) is 117 Å².